The summed E-state index contributed by atoms with van der Waals surface area (Å²) in [6.45, 7) is 11.4. The largest absolute Gasteiger partial charge is 0.343 e. The van der Waals surface area contributed by atoms with Crippen LogP contribution in [0.4, 0.5) is 0 Å². The fourth-order valence-electron chi connectivity index (χ4n) is 5.79. The maximum Gasteiger partial charge on any atom is 0.225 e. The molecule has 2 atom stereocenters. The summed E-state index contributed by atoms with van der Waals surface area (Å²) in [7, 11) is 0. The SMILES string of the molecule is Cc1ccccc1C(CC(=O)N1CCC(C(=O)N2CC(C)NC(C)C2)CC1)c1ccccc1C. The van der Waals surface area contributed by atoms with Crippen molar-refractivity contribution in [2.45, 2.75) is 65.0 Å². The molecular weight excluding hydrogens is 422 g/mol. The van der Waals surface area contributed by atoms with Crippen LogP contribution in [-0.2, 0) is 9.59 Å². The Labute approximate surface area is 204 Å². The molecule has 2 saturated heterocycles. The van der Waals surface area contributed by atoms with E-state index >= 15 is 0 Å². The molecule has 5 heteroatoms. The van der Waals surface area contributed by atoms with Gasteiger partial charge >= 0.3 is 0 Å². The average Bonchev–Trinajstić information content (AvgIpc) is 2.82. The van der Waals surface area contributed by atoms with Crippen LogP contribution in [0.2, 0.25) is 0 Å². The van der Waals surface area contributed by atoms with E-state index < -0.39 is 0 Å². The van der Waals surface area contributed by atoms with E-state index in [0.29, 0.717) is 31.6 Å². The van der Waals surface area contributed by atoms with Crippen LogP contribution in [0.3, 0.4) is 0 Å². The number of nitrogens with one attached hydrogen (secondary N) is 1. The van der Waals surface area contributed by atoms with Gasteiger partial charge in [0.05, 0.1) is 0 Å². The summed E-state index contributed by atoms with van der Waals surface area (Å²) >= 11 is 0. The molecular formula is C29H39N3O2. The smallest absolute Gasteiger partial charge is 0.225 e. The second-order valence-corrected chi connectivity index (χ2v) is 10.3. The van der Waals surface area contributed by atoms with E-state index in [1.165, 1.54) is 22.3 Å². The number of amides is 2. The molecule has 0 bridgehead atoms. The monoisotopic (exact) mass is 461 g/mol. The minimum atomic E-state index is 0.0325. The molecule has 0 saturated carbocycles. The molecule has 0 aliphatic carbocycles. The van der Waals surface area contributed by atoms with Crippen LogP contribution in [0.15, 0.2) is 48.5 Å². The molecule has 0 aromatic heterocycles. The van der Waals surface area contributed by atoms with E-state index in [1.807, 2.05) is 9.80 Å². The number of aryl methyl sites for hydroxylation is 2. The minimum Gasteiger partial charge on any atom is -0.343 e. The Morgan fingerprint density at radius 3 is 1.85 bits per heavy atom. The van der Waals surface area contributed by atoms with Gasteiger partial charge in [0, 0.05) is 56.5 Å². The topological polar surface area (TPSA) is 52.7 Å². The quantitative estimate of drug-likeness (QED) is 0.723. The van der Waals surface area contributed by atoms with Crippen LogP contribution >= 0.6 is 0 Å². The van der Waals surface area contributed by atoms with Gasteiger partial charge in [-0.1, -0.05) is 48.5 Å². The van der Waals surface area contributed by atoms with E-state index in [-0.39, 0.29) is 23.7 Å². The molecule has 2 aliphatic heterocycles. The molecule has 2 unspecified atom stereocenters. The van der Waals surface area contributed by atoms with Gasteiger partial charge in [0.2, 0.25) is 11.8 Å². The summed E-state index contributed by atoms with van der Waals surface area (Å²) in [5.41, 5.74) is 4.87. The van der Waals surface area contributed by atoms with Crippen molar-refractivity contribution < 1.29 is 9.59 Å². The molecule has 0 radical (unpaired) electrons. The van der Waals surface area contributed by atoms with Crippen molar-refractivity contribution in [2.24, 2.45) is 5.92 Å². The van der Waals surface area contributed by atoms with E-state index in [1.54, 1.807) is 0 Å². The lowest BCUT2D eigenvalue weighted by Gasteiger charge is -2.40. The molecule has 2 heterocycles. The van der Waals surface area contributed by atoms with Crippen LogP contribution in [0.5, 0.6) is 0 Å². The van der Waals surface area contributed by atoms with Crippen LogP contribution < -0.4 is 5.32 Å². The molecule has 2 aliphatic rings. The lowest BCUT2D eigenvalue weighted by molar-refractivity contribution is -0.142. The molecule has 2 aromatic carbocycles. The Morgan fingerprint density at radius 2 is 1.35 bits per heavy atom. The maximum atomic E-state index is 13.5. The Morgan fingerprint density at radius 1 is 0.853 bits per heavy atom. The Hall–Kier alpha value is -2.66. The molecule has 34 heavy (non-hydrogen) atoms. The predicted octanol–water partition coefficient (Wildman–Crippen LogP) is 4.27. The van der Waals surface area contributed by atoms with Crippen molar-refractivity contribution in [3.05, 3.63) is 70.8 Å². The molecule has 2 amide bonds. The summed E-state index contributed by atoms with van der Waals surface area (Å²) in [6.07, 6.45) is 1.98. The number of hydrogen-bond donors (Lipinski definition) is 1. The van der Waals surface area contributed by atoms with E-state index in [9.17, 15) is 9.59 Å². The Kier molecular flexibility index (Phi) is 7.72. The van der Waals surface area contributed by atoms with Crippen LogP contribution in [0, 0.1) is 19.8 Å². The maximum absolute atomic E-state index is 13.5. The summed E-state index contributed by atoms with van der Waals surface area (Å²) in [6, 6.07) is 17.4. The van der Waals surface area contributed by atoms with Gasteiger partial charge in [-0.2, -0.15) is 0 Å². The first-order valence-corrected chi connectivity index (χ1v) is 12.8. The van der Waals surface area contributed by atoms with Gasteiger partial charge in [-0.3, -0.25) is 9.59 Å². The molecule has 1 N–H and O–H groups in total. The highest BCUT2D eigenvalue weighted by Crippen LogP contribution is 2.33. The third kappa shape index (κ3) is 5.52. The van der Waals surface area contributed by atoms with Crippen LogP contribution in [0.25, 0.3) is 0 Å². The fourth-order valence-corrected chi connectivity index (χ4v) is 5.79. The first kappa shape index (κ1) is 24.5. The van der Waals surface area contributed by atoms with Gasteiger partial charge in [0.15, 0.2) is 0 Å². The number of benzene rings is 2. The van der Waals surface area contributed by atoms with E-state index in [4.69, 9.17) is 0 Å². The van der Waals surface area contributed by atoms with E-state index in [0.717, 1.165) is 25.9 Å². The molecule has 0 spiro atoms. The Balaban J connectivity index is 1.42. The molecule has 2 fully saturated rings. The molecule has 5 nitrogen and oxygen atoms in total. The molecule has 4 rings (SSSR count). The second-order valence-electron chi connectivity index (χ2n) is 10.3. The first-order chi connectivity index (χ1) is 16.3. The van der Waals surface area contributed by atoms with Crippen molar-refractivity contribution in [3.63, 3.8) is 0 Å². The number of nitrogens with zero attached hydrogens (tertiary/aromatic N) is 2. The number of piperidine rings is 1. The lowest BCUT2D eigenvalue weighted by Crippen LogP contribution is -2.57. The predicted molar refractivity (Wildman–Crippen MR) is 137 cm³/mol. The number of carbonyl (C=O) groups excluding carboxylic acids is 2. The number of hydrogen-bond acceptors (Lipinski definition) is 3. The van der Waals surface area contributed by atoms with Crippen molar-refractivity contribution in [1.29, 1.82) is 0 Å². The number of rotatable bonds is 5. The zero-order valence-electron chi connectivity index (χ0n) is 21.1. The van der Waals surface area contributed by atoms with Crippen LogP contribution in [-0.4, -0.2) is 59.9 Å². The highest BCUT2D eigenvalue weighted by atomic mass is 16.2. The summed E-state index contributed by atoms with van der Waals surface area (Å²) in [5, 5.41) is 3.50. The molecule has 2 aromatic rings. The van der Waals surface area contributed by atoms with Gasteiger partial charge in [-0.15, -0.1) is 0 Å². The van der Waals surface area contributed by atoms with Crippen molar-refractivity contribution >= 4 is 11.8 Å². The number of likely N-dealkylation sites (tertiary alicyclic amines) is 1. The number of carbonyl (C=O) groups is 2. The Bertz CT molecular complexity index is 956. The van der Waals surface area contributed by atoms with Crippen molar-refractivity contribution in [2.75, 3.05) is 26.2 Å². The normalized spacial score (nSPS) is 21.7. The van der Waals surface area contributed by atoms with Gasteiger partial charge < -0.3 is 15.1 Å². The van der Waals surface area contributed by atoms with Crippen molar-refractivity contribution in [1.82, 2.24) is 15.1 Å². The third-order valence-corrected chi connectivity index (χ3v) is 7.57. The van der Waals surface area contributed by atoms with Gasteiger partial charge in [-0.05, 0) is 62.8 Å². The van der Waals surface area contributed by atoms with Crippen molar-refractivity contribution in [3.8, 4) is 0 Å². The summed E-state index contributed by atoms with van der Waals surface area (Å²) < 4.78 is 0. The first-order valence-electron chi connectivity index (χ1n) is 12.8. The molecule has 182 valence electrons. The summed E-state index contributed by atoms with van der Waals surface area (Å²) in [4.78, 5) is 30.6. The minimum absolute atomic E-state index is 0.0325. The van der Waals surface area contributed by atoms with Crippen LogP contribution in [0.1, 0.15) is 61.3 Å². The summed E-state index contributed by atoms with van der Waals surface area (Å²) in [5.74, 6) is 0.528. The third-order valence-electron chi connectivity index (χ3n) is 7.57. The zero-order chi connectivity index (χ0) is 24.2. The second kappa shape index (κ2) is 10.7. The van der Waals surface area contributed by atoms with Gasteiger partial charge in [0.25, 0.3) is 0 Å². The standard InChI is InChI=1S/C29H39N3O2/c1-20-9-5-7-11-25(20)27(26-12-8-6-10-21(26)2)17-28(33)31-15-13-24(14-16-31)29(34)32-18-22(3)30-23(4)19-32/h5-12,22-24,27,30H,13-19H2,1-4H3. The lowest BCUT2D eigenvalue weighted by atomic mass is 9.83. The highest BCUT2D eigenvalue weighted by Gasteiger charge is 2.34. The van der Waals surface area contributed by atoms with Gasteiger partial charge in [0.1, 0.15) is 0 Å². The van der Waals surface area contributed by atoms with E-state index in [2.05, 4.69) is 81.5 Å². The zero-order valence-corrected chi connectivity index (χ0v) is 21.1. The number of piperazine rings is 1. The highest BCUT2D eigenvalue weighted by molar-refractivity contribution is 5.81. The van der Waals surface area contributed by atoms with Gasteiger partial charge in [-0.25, -0.2) is 0 Å². The average molecular weight is 462 g/mol. The fraction of sp³-hybridized carbons (Fsp3) is 0.517.